The van der Waals surface area contributed by atoms with E-state index < -0.39 is 0 Å². The van der Waals surface area contributed by atoms with Crippen LogP contribution in [0.3, 0.4) is 0 Å². The zero-order valence-corrected chi connectivity index (χ0v) is 13.4. The van der Waals surface area contributed by atoms with Crippen molar-refractivity contribution in [2.45, 2.75) is 32.4 Å². The topological polar surface area (TPSA) is 65.4 Å². The highest BCUT2D eigenvalue weighted by Crippen LogP contribution is 2.25. The molecule has 2 heterocycles. The van der Waals surface area contributed by atoms with Gasteiger partial charge in [0.2, 0.25) is 0 Å². The molecule has 1 aromatic carbocycles. The number of hydrogen-bond acceptors (Lipinski definition) is 5. The Morgan fingerprint density at radius 3 is 3.00 bits per heavy atom. The van der Waals surface area contributed by atoms with Gasteiger partial charge < -0.3 is 14.8 Å². The average molecular weight is 315 g/mol. The molecule has 122 valence electrons. The number of aromatic nitrogens is 2. The summed E-state index contributed by atoms with van der Waals surface area (Å²) in [6.07, 6.45) is 6.96. The minimum Gasteiger partial charge on any atom is -0.465 e. The summed E-state index contributed by atoms with van der Waals surface area (Å²) in [5.41, 5.74) is 3.12. The lowest BCUT2D eigenvalue weighted by Gasteiger charge is -2.22. The molecule has 3 rings (SSSR count). The Bertz CT molecular complexity index is 690. The Labute approximate surface area is 135 Å². The Kier molecular flexibility index (Phi) is 4.62. The largest absolute Gasteiger partial charge is 0.465 e. The number of ether oxygens (including phenoxy) is 2. The summed E-state index contributed by atoms with van der Waals surface area (Å²) in [7, 11) is 1.39. The van der Waals surface area contributed by atoms with Crippen LogP contribution < -0.4 is 5.32 Å². The Morgan fingerprint density at radius 2 is 2.26 bits per heavy atom. The third-order valence-corrected chi connectivity index (χ3v) is 3.98. The highest BCUT2D eigenvalue weighted by molar-refractivity contribution is 5.92. The van der Waals surface area contributed by atoms with E-state index in [9.17, 15) is 4.79 Å². The lowest BCUT2D eigenvalue weighted by Crippen LogP contribution is -2.18. The van der Waals surface area contributed by atoms with Crippen molar-refractivity contribution in [3.05, 3.63) is 41.7 Å². The Morgan fingerprint density at radius 1 is 1.39 bits per heavy atom. The number of anilines is 2. The third-order valence-electron chi connectivity index (χ3n) is 3.98. The first-order valence-corrected chi connectivity index (χ1v) is 7.79. The fraction of sp³-hybridized carbons (Fsp3) is 0.412. The predicted octanol–water partition coefficient (Wildman–Crippen LogP) is 3.42. The molecule has 1 aromatic heterocycles. The molecule has 1 atom stereocenters. The highest BCUT2D eigenvalue weighted by Gasteiger charge is 2.16. The zero-order valence-electron chi connectivity index (χ0n) is 13.4. The van der Waals surface area contributed by atoms with Crippen molar-refractivity contribution < 1.29 is 14.3 Å². The maximum absolute atomic E-state index is 11.8. The summed E-state index contributed by atoms with van der Waals surface area (Å²) in [5, 5.41) is 7.63. The molecule has 0 amide bonds. The van der Waals surface area contributed by atoms with Crippen LogP contribution >= 0.6 is 0 Å². The zero-order chi connectivity index (χ0) is 16.2. The van der Waals surface area contributed by atoms with Gasteiger partial charge in [0.05, 0.1) is 30.8 Å². The molecular formula is C17H21N3O3. The number of benzene rings is 1. The predicted molar refractivity (Wildman–Crippen MR) is 86.9 cm³/mol. The molecule has 1 aliphatic rings. The molecule has 1 fully saturated rings. The van der Waals surface area contributed by atoms with Crippen LogP contribution in [-0.4, -0.2) is 29.5 Å². The van der Waals surface area contributed by atoms with E-state index in [1.54, 1.807) is 12.3 Å². The Hall–Kier alpha value is -2.34. The van der Waals surface area contributed by atoms with Gasteiger partial charge in [0.15, 0.2) is 0 Å². The van der Waals surface area contributed by atoms with Gasteiger partial charge in [-0.15, -0.1) is 0 Å². The van der Waals surface area contributed by atoms with Crippen molar-refractivity contribution in [3.8, 4) is 0 Å². The molecule has 1 aliphatic heterocycles. The number of methoxy groups -OCH3 is 1. The fourth-order valence-corrected chi connectivity index (χ4v) is 2.69. The normalized spacial score (nSPS) is 17.7. The second-order valence-electron chi connectivity index (χ2n) is 5.68. The van der Waals surface area contributed by atoms with E-state index in [1.807, 2.05) is 29.9 Å². The first-order chi connectivity index (χ1) is 11.2. The van der Waals surface area contributed by atoms with Crippen LogP contribution in [0.25, 0.3) is 0 Å². The molecule has 0 saturated carbocycles. The van der Waals surface area contributed by atoms with Gasteiger partial charge in [-0.3, -0.25) is 0 Å². The fourth-order valence-electron chi connectivity index (χ4n) is 2.69. The molecule has 0 aliphatic carbocycles. The van der Waals surface area contributed by atoms with Crippen molar-refractivity contribution in [3.63, 3.8) is 0 Å². The second kappa shape index (κ2) is 6.83. The molecule has 1 unspecified atom stereocenters. The van der Waals surface area contributed by atoms with E-state index in [-0.39, 0.29) is 12.2 Å². The smallest absolute Gasteiger partial charge is 0.338 e. The molecule has 1 saturated heterocycles. The molecule has 23 heavy (non-hydrogen) atoms. The first-order valence-electron chi connectivity index (χ1n) is 7.79. The quantitative estimate of drug-likeness (QED) is 0.876. The van der Waals surface area contributed by atoms with Crippen molar-refractivity contribution >= 4 is 17.3 Å². The van der Waals surface area contributed by atoms with Crippen LogP contribution in [0.4, 0.5) is 11.4 Å². The van der Waals surface area contributed by atoms with Crippen LogP contribution in [0.2, 0.25) is 0 Å². The van der Waals surface area contributed by atoms with Crippen LogP contribution in [0.1, 0.15) is 41.4 Å². The molecule has 6 nitrogen and oxygen atoms in total. The van der Waals surface area contributed by atoms with E-state index in [4.69, 9.17) is 9.47 Å². The lowest BCUT2D eigenvalue weighted by atomic mass is 10.1. The van der Waals surface area contributed by atoms with Crippen LogP contribution in [0.5, 0.6) is 0 Å². The van der Waals surface area contributed by atoms with Gasteiger partial charge in [0.25, 0.3) is 0 Å². The van der Waals surface area contributed by atoms with Crippen LogP contribution in [0.15, 0.2) is 30.6 Å². The summed E-state index contributed by atoms with van der Waals surface area (Å²) in [5.74, 6) is -0.336. The number of carbonyl (C=O) groups is 1. The van der Waals surface area contributed by atoms with Gasteiger partial charge >= 0.3 is 5.97 Å². The minimum absolute atomic E-state index is 0.0166. The maximum Gasteiger partial charge on any atom is 0.338 e. The molecule has 0 radical (unpaired) electrons. The van der Waals surface area contributed by atoms with Crippen molar-refractivity contribution in [2.75, 3.05) is 19.0 Å². The van der Waals surface area contributed by atoms with Gasteiger partial charge in [0, 0.05) is 12.3 Å². The minimum atomic E-state index is -0.336. The van der Waals surface area contributed by atoms with Gasteiger partial charge in [-0.05, 0) is 43.9 Å². The number of carbonyl (C=O) groups excluding carboxylic acids is 1. The molecule has 0 spiro atoms. The van der Waals surface area contributed by atoms with Gasteiger partial charge in [-0.25, -0.2) is 9.48 Å². The SMILES string of the molecule is COC(=O)c1cc(Nc2cnn(C3CCCCO3)c2)ccc1C. The van der Waals surface area contributed by atoms with E-state index in [0.29, 0.717) is 5.56 Å². The van der Waals surface area contributed by atoms with E-state index in [0.717, 1.165) is 42.8 Å². The number of nitrogens with zero attached hydrogens (tertiary/aromatic N) is 2. The summed E-state index contributed by atoms with van der Waals surface area (Å²) in [6, 6.07) is 5.61. The number of hydrogen-bond donors (Lipinski definition) is 1. The van der Waals surface area contributed by atoms with Crippen LogP contribution in [0, 0.1) is 6.92 Å². The monoisotopic (exact) mass is 315 g/mol. The van der Waals surface area contributed by atoms with E-state index >= 15 is 0 Å². The average Bonchev–Trinajstić information content (AvgIpc) is 3.05. The molecule has 6 heteroatoms. The summed E-state index contributed by atoms with van der Waals surface area (Å²) in [6.45, 7) is 2.67. The molecule has 0 bridgehead atoms. The van der Waals surface area contributed by atoms with Gasteiger partial charge in [-0.1, -0.05) is 6.07 Å². The summed E-state index contributed by atoms with van der Waals surface area (Å²) >= 11 is 0. The van der Waals surface area contributed by atoms with E-state index in [2.05, 4.69) is 10.4 Å². The molecule has 2 aromatic rings. The number of nitrogens with one attached hydrogen (secondary N) is 1. The van der Waals surface area contributed by atoms with Crippen molar-refractivity contribution in [1.29, 1.82) is 0 Å². The number of esters is 1. The summed E-state index contributed by atoms with van der Waals surface area (Å²) in [4.78, 5) is 11.8. The van der Waals surface area contributed by atoms with Gasteiger partial charge in [-0.2, -0.15) is 5.10 Å². The van der Waals surface area contributed by atoms with Crippen LogP contribution in [-0.2, 0) is 9.47 Å². The summed E-state index contributed by atoms with van der Waals surface area (Å²) < 4.78 is 12.4. The first kappa shape index (κ1) is 15.6. The van der Waals surface area contributed by atoms with E-state index in [1.165, 1.54) is 7.11 Å². The number of rotatable bonds is 4. The second-order valence-corrected chi connectivity index (χ2v) is 5.68. The van der Waals surface area contributed by atoms with Crippen molar-refractivity contribution in [1.82, 2.24) is 9.78 Å². The lowest BCUT2D eigenvalue weighted by molar-refractivity contribution is -0.0394. The van der Waals surface area contributed by atoms with Gasteiger partial charge in [0.1, 0.15) is 6.23 Å². The standard InChI is InChI=1S/C17H21N3O3/c1-12-6-7-13(9-15(12)17(21)22-2)19-14-10-18-20(11-14)16-5-3-4-8-23-16/h6-7,9-11,16,19H,3-5,8H2,1-2H3. The molecular weight excluding hydrogens is 294 g/mol. The molecule has 1 N–H and O–H groups in total. The number of aryl methyl sites for hydroxylation is 1. The highest BCUT2D eigenvalue weighted by atomic mass is 16.5. The Balaban J connectivity index is 1.74. The maximum atomic E-state index is 11.8. The third kappa shape index (κ3) is 3.53. The van der Waals surface area contributed by atoms with Crippen molar-refractivity contribution in [2.24, 2.45) is 0 Å².